The summed E-state index contributed by atoms with van der Waals surface area (Å²) in [5.41, 5.74) is 5.88. The zero-order valence-electron chi connectivity index (χ0n) is 10.3. The Hall–Kier alpha value is -1.07. The summed E-state index contributed by atoms with van der Waals surface area (Å²) in [6.07, 6.45) is 5.70. The van der Waals surface area contributed by atoms with Crippen LogP contribution in [0.3, 0.4) is 0 Å². The average Bonchev–Trinajstić information content (AvgIpc) is 2.82. The molecule has 4 nitrogen and oxygen atoms in total. The van der Waals surface area contributed by atoms with Crippen molar-refractivity contribution in [2.24, 2.45) is 5.92 Å². The molecule has 0 unspecified atom stereocenters. The SMILES string of the molecule is Nc1ccccc1S(=O)(=O)OCCC1CCCC1. The van der Waals surface area contributed by atoms with Crippen LogP contribution in [0, 0.1) is 5.92 Å². The largest absolute Gasteiger partial charge is 0.398 e. The standard InChI is InChI=1S/C13H19NO3S/c14-12-7-3-4-8-13(12)18(15,16)17-10-9-11-5-1-2-6-11/h3-4,7-8,11H,1-2,5-6,9-10,14H2. The monoisotopic (exact) mass is 269 g/mol. The molecule has 1 fully saturated rings. The van der Waals surface area contributed by atoms with E-state index in [1.807, 2.05) is 0 Å². The van der Waals surface area contributed by atoms with E-state index in [1.165, 1.54) is 31.7 Å². The van der Waals surface area contributed by atoms with Crippen LogP contribution in [0.2, 0.25) is 0 Å². The minimum absolute atomic E-state index is 0.0661. The zero-order valence-corrected chi connectivity index (χ0v) is 11.2. The van der Waals surface area contributed by atoms with Gasteiger partial charge in [-0.05, 0) is 24.5 Å². The molecule has 0 radical (unpaired) electrons. The van der Waals surface area contributed by atoms with Gasteiger partial charge in [-0.2, -0.15) is 8.42 Å². The van der Waals surface area contributed by atoms with E-state index in [0.717, 1.165) is 6.42 Å². The number of benzene rings is 1. The Morgan fingerprint density at radius 3 is 2.56 bits per heavy atom. The van der Waals surface area contributed by atoms with E-state index in [1.54, 1.807) is 18.2 Å². The van der Waals surface area contributed by atoms with E-state index in [4.69, 9.17) is 9.92 Å². The quantitative estimate of drug-likeness (QED) is 0.659. The first-order valence-electron chi connectivity index (χ1n) is 6.33. The van der Waals surface area contributed by atoms with Gasteiger partial charge in [-0.15, -0.1) is 0 Å². The third-order valence-corrected chi connectivity index (χ3v) is 4.82. The molecule has 0 saturated heterocycles. The van der Waals surface area contributed by atoms with Crippen molar-refractivity contribution in [3.8, 4) is 0 Å². The molecule has 1 aliphatic carbocycles. The van der Waals surface area contributed by atoms with Crippen molar-refractivity contribution < 1.29 is 12.6 Å². The van der Waals surface area contributed by atoms with Gasteiger partial charge in [0.05, 0.1) is 12.3 Å². The van der Waals surface area contributed by atoms with Crippen molar-refractivity contribution in [3.63, 3.8) is 0 Å². The summed E-state index contributed by atoms with van der Waals surface area (Å²) in [5.74, 6) is 0.619. The second-order valence-electron chi connectivity index (χ2n) is 4.75. The molecule has 0 aliphatic heterocycles. The number of hydrogen-bond acceptors (Lipinski definition) is 4. The topological polar surface area (TPSA) is 69.4 Å². The Morgan fingerprint density at radius 1 is 1.22 bits per heavy atom. The lowest BCUT2D eigenvalue weighted by Crippen LogP contribution is -2.11. The molecule has 0 amide bonds. The van der Waals surface area contributed by atoms with Gasteiger partial charge in [-0.3, -0.25) is 4.18 Å². The fourth-order valence-electron chi connectivity index (χ4n) is 2.40. The third kappa shape index (κ3) is 3.23. The molecule has 1 aliphatic rings. The second kappa shape index (κ2) is 5.71. The van der Waals surface area contributed by atoms with E-state index in [9.17, 15) is 8.42 Å². The van der Waals surface area contributed by atoms with Crippen LogP contribution in [0.1, 0.15) is 32.1 Å². The van der Waals surface area contributed by atoms with E-state index >= 15 is 0 Å². The number of nitrogens with two attached hydrogens (primary N) is 1. The van der Waals surface area contributed by atoms with Crippen LogP contribution >= 0.6 is 0 Å². The lowest BCUT2D eigenvalue weighted by atomic mass is 10.1. The lowest BCUT2D eigenvalue weighted by Gasteiger charge is -2.10. The van der Waals surface area contributed by atoms with Crippen LogP contribution in [0.25, 0.3) is 0 Å². The molecule has 5 heteroatoms. The molecule has 1 saturated carbocycles. The molecule has 1 aromatic carbocycles. The average molecular weight is 269 g/mol. The van der Waals surface area contributed by atoms with Crippen LogP contribution in [-0.4, -0.2) is 15.0 Å². The summed E-state index contributed by atoms with van der Waals surface area (Å²) < 4.78 is 28.9. The third-order valence-electron chi connectivity index (χ3n) is 3.43. The van der Waals surface area contributed by atoms with E-state index in [2.05, 4.69) is 0 Å². The van der Waals surface area contributed by atoms with Gasteiger partial charge in [0.15, 0.2) is 0 Å². The molecule has 0 heterocycles. The summed E-state index contributed by atoms with van der Waals surface area (Å²) in [6.45, 7) is 0.251. The molecule has 2 rings (SSSR count). The normalized spacial score (nSPS) is 17.1. The molecule has 0 spiro atoms. The molecule has 2 N–H and O–H groups in total. The van der Waals surface area contributed by atoms with Gasteiger partial charge < -0.3 is 5.73 Å². The van der Waals surface area contributed by atoms with Crippen molar-refractivity contribution in [2.75, 3.05) is 12.3 Å². The summed E-state index contributed by atoms with van der Waals surface area (Å²) in [6, 6.07) is 6.38. The van der Waals surface area contributed by atoms with Gasteiger partial charge in [-0.25, -0.2) is 0 Å². The maximum absolute atomic E-state index is 11.9. The number of nitrogen functional groups attached to an aromatic ring is 1. The van der Waals surface area contributed by atoms with Crippen molar-refractivity contribution in [1.82, 2.24) is 0 Å². The van der Waals surface area contributed by atoms with Crippen molar-refractivity contribution in [2.45, 2.75) is 37.0 Å². The van der Waals surface area contributed by atoms with Gasteiger partial charge in [0.25, 0.3) is 10.1 Å². The summed E-state index contributed by atoms with van der Waals surface area (Å²) in [4.78, 5) is 0.0661. The Bertz CT molecular complexity index is 493. The predicted octanol–water partition coefficient (Wildman–Crippen LogP) is 2.55. The van der Waals surface area contributed by atoms with Crippen molar-refractivity contribution >= 4 is 15.8 Å². The van der Waals surface area contributed by atoms with Gasteiger partial charge in [0, 0.05) is 0 Å². The number of para-hydroxylation sites is 1. The summed E-state index contributed by atoms with van der Waals surface area (Å²) in [5, 5.41) is 0. The van der Waals surface area contributed by atoms with Gasteiger partial charge >= 0.3 is 0 Å². The minimum atomic E-state index is -3.71. The predicted molar refractivity (Wildman–Crippen MR) is 70.6 cm³/mol. The first-order chi connectivity index (χ1) is 8.59. The fraction of sp³-hybridized carbons (Fsp3) is 0.538. The molecule has 0 atom stereocenters. The minimum Gasteiger partial charge on any atom is -0.398 e. The molecule has 0 bridgehead atoms. The Morgan fingerprint density at radius 2 is 1.89 bits per heavy atom. The van der Waals surface area contributed by atoms with Gasteiger partial charge in [0.2, 0.25) is 0 Å². The second-order valence-corrected chi connectivity index (χ2v) is 6.34. The van der Waals surface area contributed by atoms with E-state index in [-0.39, 0.29) is 17.2 Å². The first-order valence-corrected chi connectivity index (χ1v) is 7.74. The maximum Gasteiger partial charge on any atom is 0.299 e. The van der Waals surface area contributed by atoms with Gasteiger partial charge in [-0.1, -0.05) is 37.8 Å². The van der Waals surface area contributed by atoms with Crippen LogP contribution in [0.4, 0.5) is 5.69 Å². The van der Waals surface area contributed by atoms with Crippen molar-refractivity contribution in [1.29, 1.82) is 0 Å². The Kier molecular flexibility index (Phi) is 4.24. The van der Waals surface area contributed by atoms with Crippen LogP contribution < -0.4 is 5.73 Å². The number of anilines is 1. The lowest BCUT2D eigenvalue weighted by molar-refractivity contribution is 0.283. The Labute approximate surface area is 108 Å². The molecule has 100 valence electrons. The Balaban J connectivity index is 1.93. The van der Waals surface area contributed by atoms with Crippen LogP contribution in [-0.2, 0) is 14.3 Å². The molecular weight excluding hydrogens is 250 g/mol. The summed E-state index contributed by atoms with van der Waals surface area (Å²) in [7, 11) is -3.71. The highest BCUT2D eigenvalue weighted by Crippen LogP contribution is 2.28. The highest BCUT2D eigenvalue weighted by molar-refractivity contribution is 7.87. The molecular formula is C13H19NO3S. The highest BCUT2D eigenvalue weighted by Gasteiger charge is 2.20. The van der Waals surface area contributed by atoms with Crippen molar-refractivity contribution in [3.05, 3.63) is 24.3 Å². The molecule has 18 heavy (non-hydrogen) atoms. The van der Waals surface area contributed by atoms with E-state index in [0.29, 0.717) is 5.92 Å². The van der Waals surface area contributed by atoms with Crippen LogP contribution in [0.5, 0.6) is 0 Å². The molecule has 0 aromatic heterocycles. The smallest absolute Gasteiger partial charge is 0.299 e. The highest BCUT2D eigenvalue weighted by atomic mass is 32.2. The van der Waals surface area contributed by atoms with Crippen LogP contribution in [0.15, 0.2) is 29.2 Å². The zero-order chi connectivity index (χ0) is 13.0. The first kappa shape index (κ1) is 13.4. The maximum atomic E-state index is 11.9. The number of hydrogen-bond donors (Lipinski definition) is 1. The fourth-order valence-corrected chi connectivity index (χ4v) is 3.44. The summed E-state index contributed by atoms with van der Waals surface area (Å²) >= 11 is 0. The van der Waals surface area contributed by atoms with Gasteiger partial charge in [0.1, 0.15) is 4.90 Å². The number of rotatable bonds is 5. The van der Waals surface area contributed by atoms with E-state index < -0.39 is 10.1 Å². The molecule has 1 aromatic rings.